The van der Waals surface area contributed by atoms with Crippen LogP contribution in [0.15, 0.2) is 35.5 Å². The molecule has 0 aliphatic carbocycles. The maximum atomic E-state index is 12.4. The molecule has 26 heavy (non-hydrogen) atoms. The van der Waals surface area contributed by atoms with Crippen molar-refractivity contribution in [3.05, 3.63) is 30.3 Å². The third-order valence-corrected chi connectivity index (χ3v) is 5.89. The summed E-state index contributed by atoms with van der Waals surface area (Å²) < 4.78 is 7.94. The minimum atomic E-state index is 0.195. The Hall–Kier alpha value is -1.86. The summed E-state index contributed by atoms with van der Waals surface area (Å²) in [5.74, 6) is 1.45. The summed E-state index contributed by atoms with van der Waals surface area (Å²) in [5, 5.41) is 9.60. The van der Waals surface area contributed by atoms with E-state index in [-0.39, 0.29) is 12.0 Å². The van der Waals surface area contributed by atoms with E-state index in [1.165, 1.54) is 11.8 Å². The van der Waals surface area contributed by atoms with Crippen LogP contribution in [-0.2, 0) is 16.1 Å². The fraction of sp³-hybridized carbons (Fsp3) is 0.526. The van der Waals surface area contributed by atoms with E-state index in [2.05, 4.69) is 14.8 Å². The van der Waals surface area contributed by atoms with Gasteiger partial charge in [0.2, 0.25) is 5.91 Å². The van der Waals surface area contributed by atoms with Crippen LogP contribution in [0.2, 0.25) is 0 Å². The molecular formula is C19H24N4O2S. The number of benzene rings is 1. The lowest BCUT2D eigenvalue weighted by Gasteiger charge is -2.16. The van der Waals surface area contributed by atoms with Crippen molar-refractivity contribution in [3.63, 3.8) is 0 Å². The summed E-state index contributed by atoms with van der Waals surface area (Å²) in [7, 11) is 0. The molecule has 0 radical (unpaired) electrons. The highest BCUT2D eigenvalue weighted by atomic mass is 32.2. The first-order valence-electron chi connectivity index (χ1n) is 9.32. The molecule has 7 heteroatoms. The number of hydrogen-bond donors (Lipinski definition) is 0. The zero-order valence-electron chi connectivity index (χ0n) is 14.8. The second-order valence-electron chi connectivity index (χ2n) is 6.79. The lowest BCUT2D eigenvalue weighted by Crippen LogP contribution is -2.29. The number of carbonyl (C=O) groups is 1. The van der Waals surface area contributed by atoms with Gasteiger partial charge in [-0.25, -0.2) is 0 Å². The molecule has 0 unspecified atom stereocenters. The Morgan fingerprint density at radius 1 is 1.15 bits per heavy atom. The summed E-state index contributed by atoms with van der Waals surface area (Å²) >= 11 is 1.48. The van der Waals surface area contributed by atoms with Crippen molar-refractivity contribution >= 4 is 17.7 Å². The smallest absolute Gasteiger partial charge is 0.233 e. The number of carbonyl (C=O) groups excluding carboxylic acids is 1. The van der Waals surface area contributed by atoms with Crippen molar-refractivity contribution in [1.29, 1.82) is 0 Å². The van der Waals surface area contributed by atoms with Crippen LogP contribution in [0.3, 0.4) is 0 Å². The Morgan fingerprint density at radius 3 is 2.69 bits per heavy atom. The summed E-state index contributed by atoms with van der Waals surface area (Å²) in [6.45, 7) is 3.33. The summed E-state index contributed by atoms with van der Waals surface area (Å²) in [6.07, 6.45) is 4.59. The van der Waals surface area contributed by atoms with E-state index in [1.807, 2.05) is 35.2 Å². The van der Waals surface area contributed by atoms with Gasteiger partial charge in [0.1, 0.15) is 0 Å². The lowest BCUT2D eigenvalue weighted by molar-refractivity contribution is -0.127. The largest absolute Gasteiger partial charge is 0.376 e. The van der Waals surface area contributed by atoms with Gasteiger partial charge in [-0.1, -0.05) is 42.1 Å². The van der Waals surface area contributed by atoms with Crippen LogP contribution in [0, 0.1) is 0 Å². The Morgan fingerprint density at radius 2 is 1.96 bits per heavy atom. The van der Waals surface area contributed by atoms with E-state index in [0.29, 0.717) is 5.75 Å². The topological polar surface area (TPSA) is 60.3 Å². The van der Waals surface area contributed by atoms with Gasteiger partial charge in [-0.05, 0) is 25.7 Å². The Kier molecular flexibility index (Phi) is 5.55. The van der Waals surface area contributed by atoms with E-state index in [1.54, 1.807) is 0 Å². The number of thioether (sulfide) groups is 1. The predicted octanol–water partition coefficient (Wildman–Crippen LogP) is 2.84. The number of amides is 1. The summed E-state index contributed by atoms with van der Waals surface area (Å²) in [4.78, 5) is 14.3. The van der Waals surface area contributed by atoms with Crippen LogP contribution in [0.4, 0.5) is 0 Å². The second-order valence-corrected chi connectivity index (χ2v) is 7.74. The van der Waals surface area contributed by atoms with Crippen molar-refractivity contribution in [2.24, 2.45) is 0 Å². The van der Waals surface area contributed by atoms with E-state index in [0.717, 1.165) is 68.5 Å². The van der Waals surface area contributed by atoms with Gasteiger partial charge in [0.05, 0.1) is 18.4 Å². The van der Waals surface area contributed by atoms with Crippen molar-refractivity contribution in [1.82, 2.24) is 19.7 Å². The Labute approximate surface area is 157 Å². The van der Waals surface area contributed by atoms with Gasteiger partial charge in [0, 0.05) is 25.3 Å². The highest BCUT2D eigenvalue weighted by molar-refractivity contribution is 7.99. The monoisotopic (exact) mass is 372 g/mol. The quantitative estimate of drug-likeness (QED) is 0.730. The standard InChI is InChI=1S/C19H24N4O2S/c24-17(22-10-4-5-11-22)14-26-19-21-20-18(15-7-2-1-3-8-15)23(19)13-16-9-6-12-25-16/h1-3,7-8,16H,4-6,9-14H2/t16-/m0/s1. The number of nitrogens with zero attached hydrogens (tertiary/aromatic N) is 4. The van der Waals surface area contributed by atoms with Crippen LogP contribution >= 0.6 is 11.8 Å². The van der Waals surface area contributed by atoms with E-state index in [4.69, 9.17) is 4.74 Å². The number of ether oxygens (including phenoxy) is 1. The molecule has 6 nitrogen and oxygen atoms in total. The van der Waals surface area contributed by atoms with Crippen LogP contribution < -0.4 is 0 Å². The maximum Gasteiger partial charge on any atom is 0.233 e. The average molecular weight is 372 g/mol. The molecule has 2 aliphatic rings. The molecule has 2 saturated heterocycles. The van der Waals surface area contributed by atoms with Crippen molar-refractivity contribution in [3.8, 4) is 11.4 Å². The number of rotatable bonds is 6. The third kappa shape index (κ3) is 3.94. The molecule has 0 spiro atoms. The van der Waals surface area contributed by atoms with Crippen molar-refractivity contribution in [2.75, 3.05) is 25.4 Å². The molecule has 1 aromatic heterocycles. The maximum absolute atomic E-state index is 12.4. The van der Waals surface area contributed by atoms with Gasteiger partial charge in [-0.3, -0.25) is 9.36 Å². The first-order valence-corrected chi connectivity index (χ1v) is 10.3. The van der Waals surface area contributed by atoms with Crippen LogP contribution in [-0.4, -0.2) is 57.1 Å². The van der Waals surface area contributed by atoms with Gasteiger partial charge in [-0.15, -0.1) is 10.2 Å². The van der Waals surface area contributed by atoms with Gasteiger partial charge < -0.3 is 9.64 Å². The molecule has 0 saturated carbocycles. The van der Waals surface area contributed by atoms with E-state index in [9.17, 15) is 4.79 Å². The summed E-state index contributed by atoms with van der Waals surface area (Å²) in [5.41, 5.74) is 1.04. The fourth-order valence-corrected chi connectivity index (χ4v) is 4.39. The molecule has 1 amide bonds. The SMILES string of the molecule is O=C(CSc1nnc(-c2ccccc2)n1C[C@@H]1CCCO1)N1CCCC1. The zero-order valence-corrected chi connectivity index (χ0v) is 15.7. The third-order valence-electron chi connectivity index (χ3n) is 4.94. The van der Waals surface area contributed by atoms with Gasteiger partial charge >= 0.3 is 0 Å². The zero-order chi connectivity index (χ0) is 17.8. The number of hydrogen-bond acceptors (Lipinski definition) is 5. The first kappa shape index (κ1) is 17.5. The molecule has 2 fully saturated rings. The predicted molar refractivity (Wildman–Crippen MR) is 101 cm³/mol. The lowest BCUT2D eigenvalue weighted by atomic mass is 10.2. The first-order chi connectivity index (χ1) is 12.8. The summed E-state index contributed by atoms with van der Waals surface area (Å²) in [6, 6.07) is 10.1. The van der Waals surface area contributed by atoms with Gasteiger partial charge in [0.25, 0.3) is 0 Å². The average Bonchev–Trinajstić information content (AvgIpc) is 3.43. The molecule has 138 valence electrons. The molecule has 4 rings (SSSR count). The highest BCUT2D eigenvalue weighted by Gasteiger charge is 2.23. The van der Waals surface area contributed by atoms with Crippen molar-refractivity contribution in [2.45, 2.75) is 43.5 Å². The molecule has 0 bridgehead atoms. The molecular weight excluding hydrogens is 348 g/mol. The molecule has 0 N–H and O–H groups in total. The van der Waals surface area contributed by atoms with Gasteiger partial charge in [0.15, 0.2) is 11.0 Å². The molecule has 3 heterocycles. The fourth-order valence-electron chi connectivity index (χ4n) is 3.54. The Balaban J connectivity index is 1.53. The van der Waals surface area contributed by atoms with Crippen molar-refractivity contribution < 1.29 is 9.53 Å². The molecule has 2 aliphatic heterocycles. The molecule has 1 aromatic carbocycles. The molecule has 1 atom stereocenters. The highest BCUT2D eigenvalue weighted by Crippen LogP contribution is 2.27. The van der Waals surface area contributed by atoms with Crippen LogP contribution in [0.25, 0.3) is 11.4 Å². The minimum absolute atomic E-state index is 0.195. The van der Waals surface area contributed by atoms with E-state index < -0.39 is 0 Å². The minimum Gasteiger partial charge on any atom is -0.376 e. The molecule has 2 aromatic rings. The van der Waals surface area contributed by atoms with Crippen LogP contribution in [0.5, 0.6) is 0 Å². The van der Waals surface area contributed by atoms with Gasteiger partial charge in [-0.2, -0.15) is 0 Å². The van der Waals surface area contributed by atoms with Crippen LogP contribution in [0.1, 0.15) is 25.7 Å². The van der Waals surface area contributed by atoms with E-state index >= 15 is 0 Å². The number of aromatic nitrogens is 3. The second kappa shape index (κ2) is 8.22. The Bertz CT molecular complexity index is 737. The normalized spacial score (nSPS) is 20.0. The number of likely N-dealkylation sites (tertiary alicyclic amines) is 1.